The lowest BCUT2D eigenvalue weighted by Crippen LogP contribution is -2.16. The summed E-state index contributed by atoms with van der Waals surface area (Å²) in [5, 5.41) is 0. The molecule has 0 aromatic carbocycles. The standard InChI is InChI=1S/C10H11N3O2S/c11-8(16)4-2-6-13-9-7(15-10(13)14)3-1-5-12-9/h1,3,5H,2,4,6H2,(H2,11,16). The minimum absolute atomic E-state index is 0.392. The van der Waals surface area contributed by atoms with E-state index in [1.807, 2.05) is 0 Å². The van der Waals surface area contributed by atoms with Crippen molar-refractivity contribution in [2.75, 3.05) is 0 Å². The van der Waals surface area contributed by atoms with Gasteiger partial charge < -0.3 is 10.2 Å². The number of hydrogen-bond acceptors (Lipinski definition) is 4. The highest BCUT2D eigenvalue weighted by atomic mass is 32.1. The summed E-state index contributed by atoms with van der Waals surface area (Å²) in [6.07, 6.45) is 2.95. The number of aromatic nitrogens is 2. The van der Waals surface area contributed by atoms with E-state index in [1.54, 1.807) is 18.3 Å². The van der Waals surface area contributed by atoms with Crippen molar-refractivity contribution >= 4 is 28.4 Å². The van der Waals surface area contributed by atoms with Crippen LogP contribution >= 0.6 is 12.2 Å². The summed E-state index contributed by atoms with van der Waals surface area (Å²) in [7, 11) is 0. The zero-order valence-corrected chi connectivity index (χ0v) is 9.37. The Morgan fingerprint density at radius 2 is 2.44 bits per heavy atom. The Labute approximate surface area is 96.9 Å². The largest absolute Gasteiger partial charge is 0.421 e. The zero-order chi connectivity index (χ0) is 11.5. The number of rotatable bonds is 4. The lowest BCUT2D eigenvalue weighted by molar-refractivity contribution is 0.499. The normalized spacial score (nSPS) is 10.8. The van der Waals surface area contributed by atoms with Crippen molar-refractivity contribution in [3.63, 3.8) is 0 Å². The summed E-state index contributed by atoms with van der Waals surface area (Å²) in [4.78, 5) is 16.1. The monoisotopic (exact) mass is 237 g/mol. The second-order valence-corrected chi connectivity index (χ2v) is 3.94. The third kappa shape index (κ3) is 2.11. The molecule has 0 saturated carbocycles. The van der Waals surface area contributed by atoms with Gasteiger partial charge in [0.05, 0.1) is 4.99 Å². The number of oxazole rings is 1. The molecule has 0 amide bonds. The van der Waals surface area contributed by atoms with Crippen molar-refractivity contribution in [1.29, 1.82) is 0 Å². The van der Waals surface area contributed by atoms with E-state index >= 15 is 0 Å². The molecular weight excluding hydrogens is 226 g/mol. The van der Waals surface area contributed by atoms with E-state index in [4.69, 9.17) is 22.4 Å². The number of thiocarbonyl (C=S) groups is 1. The van der Waals surface area contributed by atoms with Crippen LogP contribution in [-0.4, -0.2) is 14.5 Å². The van der Waals surface area contributed by atoms with Gasteiger partial charge in [0.1, 0.15) is 0 Å². The van der Waals surface area contributed by atoms with Crippen LogP contribution in [0.25, 0.3) is 11.2 Å². The Morgan fingerprint density at radius 3 is 3.19 bits per heavy atom. The SMILES string of the molecule is NC(=S)CCCn1c(=O)oc2cccnc21. The van der Waals surface area contributed by atoms with E-state index in [0.29, 0.717) is 35.6 Å². The van der Waals surface area contributed by atoms with Crippen molar-refractivity contribution in [2.24, 2.45) is 5.73 Å². The molecule has 0 atom stereocenters. The molecule has 84 valence electrons. The first-order chi connectivity index (χ1) is 7.68. The molecule has 0 aliphatic heterocycles. The predicted octanol–water partition coefficient (Wildman–Crippen LogP) is 1.06. The summed E-state index contributed by atoms with van der Waals surface area (Å²) in [6, 6.07) is 3.44. The molecule has 0 unspecified atom stereocenters. The zero-order valence-electron chi connectivity index (χ0n) is 8.55. The lowest BCUT2D eigenvalue weighted by Gasteiger charge is -2.00. The van der Waals surface area contributed by atoms with E-state index in [0.717, 1.165) is 0 Å². The fraction of sp³-hybridized carbons (Fsp3) is 0.300. The lowest BCUT2D eigenvalue weighted by atomic mass is 10.3. The van der Waals surface area contributed by atoms with Crippen LogP contribution in [0, 0.1) is 0 Å². The molecule has 0 aliphatic rings. The van der Waals surface area contributed by atoms with Crippen molar-refractivity contribution in [2.45, 2.75) is 19.4 Å². The van der Waals surface area contributed by atoms with Gasteiger partial charge in [0.15, 0.2) is 11.2 Å². The van der Waals surface area contributed by atoms with E-state index < -0.39 is 5.76 Å². The Hall–Kier alpha value is -1.69. The van der Waals surface area contributed by atoms with Crippen LogP contribution in [0.5, 0.6) is 0 Å². The molecule has 0 bridgehead atoms. The summed E-state index contributed by atoms with van der Waals surface area (Å²) in [6.45, 7) is 0.514. The van der Waals surface area contributed by atoms with Gasteiger partial charge in [-0.1, -0.05) is 12.2 Å². The van der Waals surface area contributed by atoms with Gasteiger partial charge in [0.2, 0.25) is 0 Å². The topological polar surface area (TPSA) is 74.0 Å². The molecule has 2 aromatic heterocycles. The molecule has 0 radical (unpaired) electrons. The Kier molecular flexibility index (Phi) is 3.00. The highest BCUT2D eigenvalue weighted by Gasteiger charge is 2.08. The third-order valence-corrected chi connectivity index (χ3v) is 2.43. The third-order valence-electron chi connectivity index (χ3n) is 2.23. The van der Waals surface area contributed by atoms with Crippen molar-refractivity contribution in [3.8, 4) is 0 Å². The van der Waals surface area contributed by atoms with Gasteiger partial charge in [0.25, 0.3) is 0 Å². The molecule has 2 heterocycles. The van der Waals surface area contributed by atoms with Gasteiger partial charge in [-0.05, 0) is 25.0 Å². The molecule has 5 nitrogen and oxygen atoms in total. The fourth-order valence-electron chi connectivity index (χ4n) is 1.51. The van der Waals surface area contributed by atoms with Gasteiger partial charge >= 0.3 is 5.76 Å². The van der Waals surface area contributed by atoms with Crippen LogP contribution in [0.3, 0.4) is 0 Å². The highest BCUT2D eigenvalue weighted by Crippen LogP contribution is 2.09. The average molecular weight is 237 g/mol. The molecule has 0 fully saturated rings. The molecular formula is C10H11N3O2S. The van der Waals surface area contributed by atoms with Crippen molar-refractivity contribution in [3.05, 3.63) is 28.9 Å². The number of pyridine rings is 1. The van der Waals surface area contributed by atoms with Crippen LogP contribution in [0.1, 0.15) is 12.8 Å². The van der Waals surface area contributed by atoms with Crippen LogP contribution in [-0.2, 0) is 6.54 Å². The van der Waals surface area contributed by atoms with Gasteiger partial charge in [-0.2, -0.15) is 0 Å². The second-order valence-electron chi connectivity index (χ2n) is 3.41. The molecule has 2 N–H and O–H groups in total. The first kappa shape index (κ1) is 10.8. The Bertz CT molecular complexity index is 573. The number of nitrogens with two attached hydrogens (primary N) is 1. The maximum Gasteiger partial charge on any atom is 0.421 e. The van der Waals surface area contributed by atoms with E-state index in [1.165, 1.54) is 4.57 Å². The molecule has 2 rings (SSSR count). The Balaban J connectivity index is 2.26. The molecule has 16 heavy (non-hydrogen) atoms. The first-order valence-electron chi connectivity index (χ1n) is 4.91. The highest BCUT2D eigenvalue weighted by molar-refractivity contribution is 7.80. The van der Waals surface area contributed by atoms with Gasteiger partial charge in [-0.3, -0.25) is 4.57 Å². The van der Waals surface area contributed by atoms with Gasteiger partial charge in [0, 0.05) is 12.7 Å². The van der Waals surface area contributed by atoms with E-state index in [-0.39, 0.29) is 0 Å². The van der Waals surface area contributed by atoms with Gasteiger partial charge in [-0.25, -0.2) is 9.78 Å². The summed E-state index contributed by atoms with van der Waals surface area (Å²) in [5.74, 6) is -0.392. The Morgan fingerprint density at radius 1 is 1.62 bits per heavy atom. The predicted molar refractivity (Wildman–Crippen MR) is 64.3 cm³/mol. The molecule has 6 heteroatoms. The summed E-state index contributed by atoms with van der Waals surface area (Å²) < 4.78 is 6.53. The summed E-state index contributed by atoms with van der Waals surface area (Å²) >= 11 is 4.77. The average Bonchev–Trinajstić information content (AvgIpc) is 2.55. The first-order valence-corrected chi connectivity index (χ1v) is 5.32. The molecule has 0 aliphatic carbocycles. The fourth-order valence-corrected chi connectivity index (χ4v) is 1.65. The minimum atomic E-state index is -0.392. The number of hydrogen-bond donors (Lipinski definition) is 1. The number of aryl methyl sites for hydroxylation is 1. The quantitative estimate of drug-likeness (QED) is 0.805. The van der Waals surface area contributed by atoms with Crippen LogP contribution in [0.2, 0.25) is 0 Å². The molecule has 0 saturated heterocycles. The maximum absolute atomic E-state index is 11.5. The molecule has 2 aromatic rings. The molecule has 0 spiro atoms. The van der Waals surface area contributed by atoms with Crippen LogP contribution < -0.4 is 11.5 Å². The van der Waals surface area contributed by atoms with Crippen molar-refractivity contribution in [1.82, 2.24) is 9.55 Å². The number of nitrogens with zero attached hydrogens (tertiary/aromatic N) is 2. The maximum atomic E-state index is 11.5. The second kappa shape index (κ2) is 4.44. The van der Waals surface area contributed by atoms with E-state index in [9.17, 15) is 4.79 Å². The van der Waals surface area contributed by atoms with Crippen molar-refractivity contribution < 1.29 is 4.42 Å². The summed E-state index contributed by atoms with van der Waals surface area (Å²) in [5.41, 5.74) is 6.46. The minimum Gasteiger partial charge on any atom is -0.406 e. The smallest absolute Gasteiger partial charge is 0.406 e. The van der Waals surface area contributed by atoms with Crippen LogP contribution in [0.4, 0.5) is 0 Å². The van der Waals surface area contributed by atoms with E-state index in [2.05, 4.69) is 4.98 Å². The van der Waals surface area contributed by atoms with Gasteiger partial charge in [-0.15, -0.1) is 0 Å². The number of fused-ring (bicyclic) bond motifs is 1. The van der Waals surface area contributed by atoms with Crippen LogP contribution in [0.15, 0.2) is 27.5 Å².